The minimum absolute atomic E-state index is 0.178. The summed E-state index contributed by atoms with van der Waals surface area (Å²) in [6.45, 7) is 4.67. The Bertz CT molecular complexity index is 2600. The summed E-state index contributed by atoms with van der Waals surface area (Å²) in [5.41, 5.74) is 5.81. The fourth-order valence-electron chi connectivity index (χ4n) is 7.86. The molecule has 0 fully saturated rings. The van der Waals surface area contributed by atoms with Gasteiger partial charge in [-0.3, -0.25) is 0 Å². The number of rotatable bonds is 12. The molecule has 0 spiro atoms. The predicted octanol–water partition coefficient (Wildman–Crippen LogP) is 13.8. The zero-order valence-electron chi connectivity index (χ0n) is 33.6. The van der Waals surface area contributed by atoms with Crippen LogP contribution >= 0.6 is 0 Å². The van der Waals surface area contributed by atoms with Gasteiger partial charge in [0.25, 0.3) is 0 Å². The van der Waals surface area contributed by atoms with Crippen LogP contribution < -0.4 is 4.74 Å². The zero-order valence-corrected chi connectivity index (χ0v) is 33.6. The highest BCUT2D eigenvalue weighted by Gasteiger charge is 2.83. The minimum atomic E-state index is -7.69. The Kier molecular flexibility index (Phi) is 10.6. The van der Waals surface area contributed by atoms with Crippen LogP contribution in [0, 0.1) is 0 Å². The van der Waals surface area contributed by atoms with Gasteiger partial charge in [0.05, 0.1) is 0 Å². The maximum atomic E-state index is 15.2. The molecule has 65 heavy (non-hydrogen) atoms. The van der Waals surface area contributed by atoms with Gasteiger partial charge in [-0.15, -0.1) is 0 Å². The third-order valence-corrected chi connectivity index (χ3v) is 11.6. The predicted molar refractivity (Wildman–Crippen MR) is 201 cm³/mol. The Hall–Kier alpha value is -5.76. The monoisotopic (exact) mass is 939 g/mol. The van der Waals surface area contributed by atoms with Crippen LogP contribution in [-0.2, 0) is 10.8 Å². The third kappa shape index (κ3) is 7.09. The molecule has 0 unspecified atom stereocenters. The maximum absolute atomic E-state index is 15.2. The van der Waals surface area contributed by atoms with E-state index >= 15 is 8.78 Å². The first-order valence-corrected chi connectivity index (χ1v) is 18.9. The number of hydrogen-bond donors (Lipinski definition) is 0. The molecule has 1 aromatic heterocycles. The van der Waals surface area contributed by atoms with Crippen molar-refractivity contribution in [1.29, 1.82) is 0 Å². The molecule has 0 bridgehead atoms. The van der Waals surface area contributed by atoms with Crippen LogP contribution in [0.4, 0.5) is 74.6 Å². The van der Waals surface area contributed by atoms with Crippen molar-refractivity contribution < 1.29 is 79.4 Å². The van der Waals surface area contributed by atoms with Crippen LogP contribution in [0.5, 0.6) is 6.01 Å². The van der Waals surface area contributed by atoms with E-state index in [1.54, 1.807) is 24.3 Å². The fourth-order valence-corrected chi connectivity index (χ4v) is 7.86. The van der Waals surface area contributed by atoms with Gasteiger partial charge in [-0.05, 0) is 68.8 Å². The molecule has 346 valence electrons. The van der Waals surface area contributed by atoms with Crippen LogP contribution in [0.15, 0.2) is 97.1 Å². The highest BCUT2D eigenvalue weighted by atomic mass is 19.4. The van der Waals surface area contributed by atoms with E-state index in [1.165, 1.54) is 12.1 Å². The summed E-state index contributed by atoms with van der Waals surface area (Å²) in [7, 11) is 0. The molecule has 0 radical (unpaired) electrons. The Morgan fingerprint density at radius 1 is 0.446 bits per heavy atom. The number of hydrogen-bond acceptors (Lipinski definition) is 4. The van der Waals surface area contributed by atoms with Crippen molar-refractivity contribution in [3.8, 4) is 51.0 Å². The van der Waals surface area contributed by atoms with Crippen molar-refractivity contribution in [3.05, 3.63) is 119 Å². The smallest absolute Gasteiger partial charge is 0.457 e. The van der Waals surface area contributed by atoms with E-state index < -0.39 is 83.2 Å². The van der Waals surface area contributed by atoms with Crippen molar-refractivity contribution in [2.24, 2.45) is 0 Å². The first kappa shape index (κ1) is 47.2. The van der Waals surface area contributed by atoms with Gasteiger partial charge >= 0.3 is 53.6 Å². The van der Waals surface area contributed by atoms with E-state index in [2.05, 4.69) is 19.7 Å². The fraction of sp³-hybridized carbons (Fsp3) is 0.341. The number of nitrogens with zero attached hydrogens (tertiary/aromatic N) is 3. The SMILES string of the molecule is CC1(C)c2ccccc2-c2ccc(-c3nc(OCC(F)(F)C(F)(F)C(F)(F)C(F)(F)/C=C/C(F)(F)C(F)(F)C(F)(F)C(F)(F)F)nc(-c4ccc5c(c4)C(C)(C)c4ccccc4-5)n3)cc21. The molecule has 0 saturated carbocycles. The lowest BCUT2D eigenvalue weighted by Gasteiger charge is -2.36. The van der Waals surface area contributed by atoms with E-state index in [0.717, 1.165) is 44.5 Å². The largest absolute Gasteiger partial charge is 0.460 e. The first-order chi connectivity index (χ1) is 29.6. The van der Waals surface area contributed by atoms with Gasteiger partial charge in [-0.2, -0.15) is 84.6 Å². The lowest BCUT2D eigenvalue weighted by Crippen LogP contribution is -2.63. The van der Waals surface area contributed by atoms with Gasteiger partial charge in [0.1, 0.15) is 0 Å². The second kappa shape index (κ2) is 14.6. The normalized spacial score (nSPS) is 16.3. The molecule has 1 heterocycles. The molecular weight excluding hydrogens is 909 g/mol. The van der Waals surface area contributed by atoms with Crippen molar-refractivity contribution in [1.82, 2.24) is 15.0 Å². The molecule has 4 nitrogen and oxygen atoms in total. The molecule has 0 N–H and O–H groups in total. The summed E-state index contributed by atoms with van der Waals surface area (Å²) in [6, 6.07) is 23.3. The van der Waals surface area contributed by atoms with Crippen LogP contribution in [0.2, 0.25) is 0 Å². The van der Waals surface area contributed by atoms with Crippen molar-refractivity contribution in [3.63, 3.8) is 0 Å². The number of benzene rings is 4. The van der Waals surface area contributed by atoms with Gasteiger partial charge in [0.15, 0.2) is 18.3 Å². The van der Waals surface area contributed by atoms with Crippen LogP contribution in [0.25, 0.3) is 45.0 Å². The Labute approximate surface area is 357 Å². The number of alkyl halides is 17. The molecule has 0 aliphatic heterocycles. The maximum Gasteiger partial charge on any atom is 0.460 e. The second-order valence-electron chi connectivity index (χ2n) is 16.5. The van der Waals surface area contributed by atoms with Gasteiger partial charge in [0.2, 0.25) is 0 Å². The number of ether oxygens (including phenoxy) is 1. The van der Waals surface area contributed by atoms with Crippen molar-refractivity contribution in [2.45, 2.75) is 86.2 Å². The third-order valence-electron chi connectivity index (χ3n) is 11.6. The number of allylic oxidation sites excluding steroid dienone is 2. The summed E-state index contributed by atoms with van der Waals surface area (Å²) in [5, 5.41) is 0. The molecule has 2 aliphatic carbocycles. The standard InChI is InChI=1S/C44H30F17N3O/c1-35(2)28-11-7-5-9-24(28)26-15-13-22(19-30(26)35)32-62-33(23-14-16-27-25-10-6-8-12-29(25)36(3,4)31(27)20-23)64-34(63-32)65-21-39(49,50)42(55,56)40(51,52)37(45,46)17-18-38(47,48)41(53,54)43(57,58)44(59,60)61/h5-20H,21H2,1-4H3/b18-17+. The Morgan fingerprint density at radius 3 is 1.22 bits per heavy atom. The molecule has 4 aromatic carbocycles. The van der Waals surface area contributed by atoms with Crippen LogP contribution in [-0.4, -0.2) is 69.2 Å². The number of aromatic nitrogens is 3. The Morgan fingerprint density at radius 2 is 0.815 bits per heavy atom. The summed E-state index contributed by atoms with van der Waals surface area (Å²) >= 11 is 0. The van der Waals surface area contributed by atoms with Crippen LogP contribution in [0.1, 0.15) is 49.9 Å². The van der Waals surface area contributed by atoms with Crippen molar-refractivity contribution >= 4 is 0 Å². The molecule has 0 amide bonds. The number of halogens is 17. The van der Waals surface area contributed by atoms with E-state index in [4.69, 9.17) is 0 Å². The van der Waals surface area contributed by atoms with Gasteiger partial charge in [0, 0.05) is 22.0 Å². The van der Waals surface area contributed by atoms with E-state index in [1.807, 2.05) is 76.2 Å². The van der Waals surface area contributed by atoms with E-state index in [0.29, 0.717) is 0 Å². The number of fused-ring (bicyclic) bond motifs is 6. The molecule has 7 rings (SSSR count). The summed E-state index contributed by atoms with van der Waals surface area (Å²) < 4.78 is 242. The highest BCUT2D eigenvalue weighted by molar-refractivity contribution is 5.84. The van der Waals surface area contributed by atoms with Crippen molar-refractivity contribution in [2.75, 3.05) is 6.61 Å². The molecular formula is C44H30F17N3O. The molecule has 2 aliphatic rings. The summed E-state index contributed by atoms with van der Waals surface area (Å²) in [4.78, 5) is 12.3. The zero-order chi connectivity index (χ0) is 48.4. The lowest BCUT2D eigenvalue weighted by molar-refractivity contribution is -0.388. The second-order valence-corrected chi connectivity index (χ2v) is 16.5. The highest BCUT2D eigenvalue weighted by Crippen LogP contribution is 2.57. The van der Waals surface area contributed by atoms with E-state index in [9.17, 15) is 65.9 Å². The van der Waals surface area contributed by atoms with Crippen LogP contribution in [0.3, 0.4) is 0 Å². The Balaban J connectivity index is 1.25. The molecule has 0 saturated heterocycles. The average molecular weight is 940 g/mol. The minimum Gasteiger partial charge on any atom is -0.457 e. The average Bonchev–Trinajstić information content (AvgIpc) is 3.60. The molecule has 5 aromatic rings. The quantitative estimate of drug-likeness (QED) is 0.0924. The molecule has 0 atom stereocenters. The van der Waals surface area contributed by atoms with E-state index in [-0.39, 0.29) is 22.8 Å². The van der Waals surface area contributed by atoms with Gasteiger partial charge in [-0.25, -0.2) is 4.98 Å². The summed E-state index contributed by atoms with van der Waals surface area (Å²) in [5.74, 6) is -51.6. The van der Waals surface area contributed by atoms with Gasteiger partial charge < -0.3 is 4.74 Å². The lowest BCUT2D eigenvalue weighted by atomic mass is 9.82. The summed E-state index contributed by atoms with van der Waals surface area (Å²) in [6.07, 6.45) is -12.1. The first-order valence-electron chi connectivity index (χ1n) is 18.9. The topological polar surface area (TPSA) is 47.9 Å². The molecule has 21 heteroatoms. The van der Waals surface area contributed by atoms with Gasteiger partial charge in [-0.1, -0.05) is 100 Å².